The molecule has 0 radical (unpaired) electrons. The topological polar surface area (TPSA) is 87.5 Å². The van der Waals surface area contributed by atoms with Gasteiger partial charge in [0.25, 0.3) is 0 Å². The number of aromatic nitrogens is 3. The summed E-state index contributed by atoms with van der Waals surface area (Å²) < 4.78 is 19.4. The first kappa shape index (κ1) is 29.1. The minimum atomic E-state index is -0.574. The van der Waals surface area contributed by atoms with Gasteiger partial charge in [-0.25, -0.2) is 9.48 Å². The zero-order chi connectivity index (χ0) is 28.1. The molecule has 1 aliphatic rings. The van der Waals surface area contributed by atoms with Crippen molar-refractivity contribution < 1.29 is 19.0 Å². The van der Waals surface area contributed by atoms with Crippen molar-refractivity contribution >= 4 is 46.9 Å². The molecule has 0 amide bonds. The second-order valence-corrected chi connectivity index (χ2v) is 11.1. The number of thioether (sulfide) groups is 1. The minimum absolute atomic E-state index is 0.235. The van der Waals surface area contributed by atoms with E-state index < -0.39 is 12.0 Å². The third-order valence-electron chi connectivity index (χ3n) is 5.81. The molecule has 0 bridgehead atoms. The van der Waals surface area contributed by atoms with Crippen LogP contribution in [0.25, 0.3) is 0 Å². The van der Waals surface area contributed by atoms with Crippen LogP contribution in [0, 0.1) is 0 Å². The molecule has 0 aliphatic carbocycles. The van der Waals surface area contributed by atoms with E-state index in [-0.39, 0.29) is 12.7 Å². The summed E-state index contributed by atoms with van der Waals surface area (Å²) >= 11 is 13.9. The Labute approximate surface area is 243 Å². The SMILES string of the molecule is CCCSc1nc2n(n1)C(c1ccc(OCc3ccc(Cl)cc3Cl)c(OCC)c1)C(C(=O)OC(C)C)=C(C)N2. The van der Waals surface area contributed by atoms with Gasteiger partial charge in [-0.2, -0.15) is 4.98 Å². The summed E-state index contributed by atoms with van der Waals surface area (Å²) in [5.74, 6) is 2.12. The highest BCUT2D eigenvalue weighted by molar-refractivity contribution is 7.99. The van der Waals surface area contributed by atoms with E-state index in [0.29, 0.717) is 50.5 Å². The monoisotopic (exact) mass is 590 g/mol. The number of ether oxygens (including phenoxy) is 3. The van der Waals surface area contributed by atoms with Gasteiger partial charge in [0.15, 0.2) is 11.5 Å². The number of carbonyl (C=O) groups is 1. The van der Waals surface area contributed by atoms with Crippen LogP contribution in [0.15, 0.2) is 52.8 Å². The van der Waals surface area contributed by atoms with Crippen LogP contribution in [0.2, 0.25) is 10.0 Å². The Morgan fingerprint density at radius 2 is 1.92 bits per heavy atom. The zero-order valence-corrected chi connectivity index (χ0v) is 24.9. The first-order chi connectivity index (χ1) is 18.7. The van der Waals surface area contributed by atoms with Crippen molar-refractivity contribution in [2.24, 2.45) is 0 Å². The molecule has 4 rings (SSSR count). The second-order valence-electron chi connectivity index (χ2n) is 9.19. The van der Waals surface area contributed by atoms with E-state index in [9.17, 15) is 4.79 Å². The quantitative estimate of drug-likeness (QED) is 0.184. The van der Waals surface area contributed by atoms with Gasteiger partial charge in [0.1, 0.15) is 12.6 Å². The number of anilines is 1. The number of rotatable bonds is 11. The van der Waals surface area contributed by atoms with E-state index in [4.69, 9.17) is 42.5 Å². The van der Waals surface area contributed by atoms with Gasteiger partial charge in [-0.15, -0.1) is 5.10 Å². The Balaban J connectivity index is 1.73. The molecule has 0 saturated carbocycles. The number of halogens is 2. The molecule has 8 nitrogen and oxygen atoms in total. The lowest BCUT2D eigenvalue weighted by molar-refractivity contribution is -0.143. The average molecular weight is 592 g/mol. The number of hydrogen-bond acceptors (Lipinski definition) is 8. The van der Waals surface area contributed by atoms with Crippen molar-refractivity contribution in [3.8, 4) is 11.5 Å². The summed E-state index contributed by atoms with van der Waals surface area (Å²) in [6.45, 7) is 10.2. The maximum Gasteiger partial charge on any atom is 0.338 e. The summed E-state index contributed by atoms with van der Waals surface area (Å²) in [7, 11) is 0. The second kappa shape index (κ2) is 13.0. The smallest absolute Gasteiger partial charge is 0.338 e. The van der Waals surface area contributed by atoms with Crippen LogP contribution in [0.5, 0.6) is 11.5 Å². The number of carbonyl (C=O) groups excluding carboxylic acids is 1. The molecule has 2 heterocycles. The highest BCUT2D eigenvalue weighted by atomic mass is 35.5. The molecule has 1 aliphatic heterocycles. The number of nitrogens with zero attached hydrogens (tertiary/aromatic N) is 3. The third kappa shape index (κ3) is 6.83. The Bertz CT molecular complexity index is 1380. The normalized spacial score (nSPS) is 14.7. The number of hydrogen-bond donors (Lipinski definition) is 1. The highest BCUT2D eigenvalue weighted by Crippen LogP contribution is 2.40. The molecule has 11 heteroatoms. The lowest BCUT2D eigenvalue weighted by Gasteiger charge is -2.29. The Kier molecular flexibility index (Phi) is 9.69. The fourth-order valence-electron chi connectivity index (χ4n) is 4.11. The highest BCUT2D eigenvalue weighted by Gasteiger charge is 2.36. The molecule has 2 aromatic carbocycles. The van der Waals surface area contributed by atoms with E-state index >= 15 is 0 Å². The van der Waals surface area contributed by atoms with Crippen LogP contribution in [0.4, 0.5) is 5.95 Å². The average Bonchev–Trinajstić information content (AvgIpc) is 3.28. The van der Waals surface area contributed by atoms with Gasteiger partial charge in [0.2, 0.25) is 11.1 Å². The van der Waals surface area contributed by atoms with Crippen molar-refractivity contribution in [2.75, 3.05) is 17.7 Å². The largest absolute Gasteiger partial charge is 0.490 e. The Morgan fingerprint density at radius 1 is 1.13 bits per heavy atom. The van der Waals surface area contributed by atoms with E-state index in [2.05, 4.69) is 17.2 Å². The first-order valence-electron chi connectivity index (χ1n) is 12.8. The summed E-state index contributed by atoms with van der Waals surface area (Å²) in [6.07, 6.45) is 0.718. The molecule has 0 fully saturated rings. The molecule has 1 aromatic heterocycles. The van der Waals surface area contributed by atoms with Gasteiger partial charge in [0, 0.05) is 27.1 Å². The third-order valence-corrected chi connectivity index (χ3v) is 7.44. The van der Waals surface area contributed by atoms with Crippen LogP contribution in [-0.2, 0) is 16.1 Å². The predicted molar refractivity (Wildman–Crippen MR) is 155 cm³/mol. The Hall–Kier alpha value is -2.88. The van der Waals surface area contributed by atoms with Crippen LogP contribution in [-0.4, -0.2) is 39.2 Å². The standard InChI is InChI=1S/C28H32Cl2N4O4S/c1-6-12-39-28-32-27-31-17(5)24(26(35)38-16(3)4)25(34(27)33-28)18-9-11-22(23(13-18)36-7-2)37-15-19-8-10-20(29)14-21(19)30/h8-11,13-14,16,25H,6-7,12,15H2,1-5H3,(H,31,32,33). The lowest BCUT2D eigenvalue weighted by Crippen LogP contribution is -2.30. The van der Waals surface area contributed by atoms with Gasteiger partial charge < -0.3 is 19.5 Å². The molecule has 1 atom stereocenters. The molecular weight excluding hydrogens is 559 g/mol. The molecule has 39 heavy (non-hydrogen) atoms. The van der Waals surface area contributed by atoms with Crippen molar-refractivity contribution in [1.82, 2.24) is 14.8 Å². The summed E-state index contributed by atoms with van der Waals surface area (Å²) in [5.41, 5.74) is 2.70. The van der Waals surface area contributed by atoms with E-state index in [1.165, 1.54) is 0 Å². The molecular formula is C28H32Cl2N4O4S. The maximum absolute atomic E-state index is 13.3. The summed E-state index contributed by atoms with van der Waals surface area (Å²) in [6, 6.07) is 10.3. The van der Waals surface area contributed by atoms with Crippen molar-refractivity contribution in [1.29, 1.82) is 0 Å². The fraction of sp³-hybridized carbons (Fsp3) is 0.393. The van der Waals surface area contributed by atoms with Gasteiger partial charge in [0.05, 0.1) is 18.3 Å². The van der Waals surface area contributed by atoms with Gasteiger partial charge in [-0.1, -0.05) is 54.0 Å². The van der Waals surface area contributed by atoms with Gasteiger partial charge in [-0.3, -0.25) is 0 Å². The summed E-state index contributed by atoms with van der Waals surface area (Å²) in [4.78, 5) is 18.0. The molecule has 208 valence electrons. The Morgan fingerprint density at radius 3 is 2.62 bits per heavy atom. The number of allylic oxidation sites excluding steroid dienone is 1. The maximum atomic E-state index is 13.3. The lowest BCUT2D eigenvalue weighted by atomic mass is 9.95. The summed E-state index contributed by atoms with van der Waals surface area (Å²) in [5, 5.41) is 9.71. The van der Waals surface area contributed by atoms with Crippen molar-refractivity contribution in [2.45, 2.75) is 64.9 Å². The number of benzene rings is 2. The molecule has 1 unspecified atom stereocenters. The van der Waals surface area contributed by atoms with E-state index in [0.717, 1.165) is 23.3 Å². The molecule has 0 saturated heterocycles. The van der Waals surface area contributed by atoms with Gasteiger partial charge in [-0.05, 0) is 63.9 Å². The number of esters is 1. The fourth-order valence-corrected chi connectivity index (χ4v) is 5.26. The van der Waals surface area contributed by atoms with Crippen LogP contribution in [0.3, 0.4) is 0 Å². The van der Waals surface area contributed by atoms with Crippen molar-refractivity contribution in [3.05, 3.63) is 68.8 Å². The van der Waals surface area contributed by atoms with Crippen LogP contribution >= 0.6 is 35.0 Å². The van der Waals surface area contributed by atoms with Gasteiger partial charge >= 0.3 is 5.97 Å². The molecule has 3 aromatic rings. The zero-order valence-electron chi connectivity index (χ0n) is 22.6. The van der Waals surface area contributed by atoms with Crippen molar-refractivity contribution in [3.63, 3.8) is 0 Å². The van der Waals surface area contributed by atoms with Crippen LogP contribution in [0.1, 0.15) is 58.2 Å². The predicted octanol–water partition coefficient (Wildman–Crippen LogP) is 7.31. The minimum Gasteiger partial charge on any atom is -0.490 e. The number of nitrogens with one attached hydrogen (secondary N) is 1. The van der Waals surface area contributed by atoms with E-state index in [1.54, 1.807) is 28.6 Å². The first-order valence-corrected chi connectivity index (χ1v) is 14.6. The van der Waals surface area contributed by atoms with Crippen LogP contribution < -0.4 is 14.8 Å². The van der Waals surface area contributed by atoms with E-state index in [1.807, 2.05) is 52.0 Å². The molecule has 1 N–H and O–H groups in total. The number of fused-ring (bicyclic) bond motifs is 1. The molecule has 0 spiro atoms.